The first-order chi connectivity index (χ1) is 11.0. The third kappa shape index (κ3) is 4.11. The number of nitrogens with zero attached hydrogens (tertiary/aromatic N) is 2. The van der Waals surface area contributed by atoms with Crippen molar-refractivity contribution in [2.75, 3.05) is 16.8 Å². The van der Waals surface area contributed by atoms with Gasteiger partial charge in [0.25, 0.3) is 5.91 Å². The van der Waals surface area contributed by atoms with Crippen molar-refractivity contribution in [2.24, 2.45) is 5.73 Å². The van der Waals surface area contributed by atoms with E-state index >= 15 is 0 Å². The Morgan fingerprint density at radius 3 is 2.87 bits per heavy atom. The SMILES string of the molecule is NCc1cccc(C(=O)N(CC(=O)O)c2csc(NC=O)n2)c1. The molecule has 0 bridgehead atoms. The molecule has 0 aliphatic carbocycles. The smallest absolute Gasteiger partial charge is 0.323 e. The van der Waals surface area contributed by atoms with Gasteiger partial charge in [-0.25, -0.2) is 4.98 Å². The van der Waals surface area contributed by atoms with Gasteiger partial charge < -0.3 is 16.2 Å². The summed E-state index contributed by atoms with van der Waals surface area (Å²) < 4.78 is 0. The highest BCUT2D eigenvalue weighted by molar-refractivity contribution is 7.14. The van der Waals surface area contributed by atoms with Crippen LogP contribution in [-0.2, 0) is 16.1 Å². The quantitative estimate of drug-likeness (QED) is 0.646. The van der Waals surface area contributed by atoms with Crippen molar-refractivity contribution in [3.63, 3.8) is 0 Å². The number of hydrogen-bond acceptors (Lipinski definition) is 6. The van der Waals surface area contributed by atoms with E-state index in [2.05, 4.69) is 10.3 Å². The van der Waals surface area contributed by atoms with Crippen molar-refractivity contribution in [1.82, 2.24) is 4.98 Å². The third-order valence-electron chi connectivity index (χ3n) is 2.90. The van der Waals surface area contributed by atoms with Gasteiger partial charge in [-0.2, -0.15) is 0 Å². The molecule has 23 heavy (non-hydrogen) atoms. The topological polar surface area (TPSA) is 126 Å². The van der Waals surface area contributed by atoms with Crippen LogP contribution in [0.1, 0.15) is 15.9 Å². The van der Waals surface area contributed by atoms with E-state index in [0.29, 0.717) is 12.0 Å². The van der Waals surface area contributed by atoms with Crippen LogP contribution in [0.25, 0.3) is 0 Å². The molecule has 0 aliphatic rings. The predicted molar refractivity (Wildman–Crippen MR) is 85.4 cm³/mol. The number of amides is 2. The van der Waals surface area contributed by atoms with Gasteiger partial charge in [0.2, 0.25) is 6.41 Å². The molecule has 9 heteroatoms. The fourth-order valence-corrected chi connectivity index (χ4v) is 2.54. The van der Waals surface area contributed by atoms with Gasteiger partial charge in [-0.05, 0) is 17.7 Å². The Morgan fingerprint density at radius 2 is 2.22 bits per heavy atom. The van der Waals surface area contributed by atoms with Gasteiger partial charge in [0, 0.05) is 17.5 Å². The van der Waals surface area contributed by atoms with E-state index in [9.17, 15) is 14.4 Å². The van der Waals surface area contributed by atoms with Gasteiger partial charge in [0.15, 0.2) is 5.13 Å². The number of carbonyl (C=O) groups excluding carboxylic acids is 2. The molecular formula is C14H14N4O4S. The molecule has 2 amide bonds. The van der Waals surface area contributed by atoms with E-state index in [1.165, 1.54) is 5.38 Å². The highest BCUT2D eigenvalue weighted by Gasteiger charge is 2.23. The minimum Gasteiger partial charge on any atom is -0.480 e. The maximum Gasteiger partial charge on any atom is 0.323 e. The Bertz CT molecular complexity index is 731. The summed E-state index contributed by atoms with van der Waals surface area (Å²) in [6, 6.07) is 6.63. The molecule has 8 nitrogen and oxygen atoms in total. The van der Waals surface area contributed by atoms with E-state index in [1.807, 2.05) is 0 Å². The summed E-state index contributed by atoms with van der Waals surface area (Å²) in [4.78, 5) is 39.2. The van der Waals surface area contributed by atoms with Crippen LogP contribution in [-0.4, -0.2) is 34.9 Å². The van der Waals surface area contributed by atoms with Crippen LogP contribution in [0.2, 0.25) is 0 Å². The zero-order valence-corrected chi connectivity index (χ0v) is 12.7. The van der Waals surface area contributed by atoms with Crippen molar-refractivity contribution in [3.05, 3.63) is 40.8 Å². The number of benzene rings is 1. The van der Waals surface area contributed by atoms with Crippen LogP contribution < -0.4 is 16.0 Å². The first-order valence-electron chi connectivity index (χ1n) is 6.53. The Balaban J connectivity index is 2.34. The number of thiazole rings is 1. The summed E-state index contributed by atoms with van der Waals surface area (Å²) in [7, 11) is 0. The third-order valence-corrected chi connectivity index (χ3v) is 3.66. The minimum absolute atomic E-state index is 0.157. The molecule has 120 valence electrons. The molecule has 0 radical (unpaired) electrons. The Labute approximate surface area is 135 Å². The van der Waals surface area contributed by atoms with Crippen LogP contribution in [0, 0.1) is 0 Å². The lowest BCUT2D eigenvalue weighted by Crippen LogP contribution is -2.36. The maximum atomic E-state index is 12.6. The minimum atomic E-state index is -1.17. The van der Waals surface area contributed by atoms with Crippen molar-refractivity contribution in [3.8, 4) is 0 Å². The molecule has 0 atom stereocenters. The molecule has 2 rings (SSSR count). The molecule has 0 saturated carbocycles. The zero-order valence-electron chi connectivity index (χ0n) is 11.9. The molecule has 4 N–H and O–H groups in total. The standard InChI is InChI=1S/C14H14N4O4S/c15-5-9-2-1-3-10(4-9)13(22)18(6-12(20)21)11-7-23-14(17-11)16-8-19/h1-4,7-8H,5-6,15H2,(H,20,21)(H,16,17,19). The summed E-state index contributed by atoms with van der Waals surface area (Å²) >= 11 is 1.09. The van der Waals surface area contributed by atoms with Gasteiger partial charge >= 0.3 is 5.97 Å². The van der Waals surface area contributed by atoms with Crippen molar-refractivity contribution in [2.45, 2.75) is 6.54 Å². The van der Waals surface area contributed by atoms with Crippen LogP contribution in [0.4, 0.5) is 10.9 Å². The highest BCUT2D eigenvalue weighted by Crippen LogP contribution is 2.23. The van der Waals surface area contributed by atoms with Crippen molar-refractivity contribution in [1.29, 1.82) is 0 Å². The average molecular weight is 334 g/mol. The number of carboxylic acids is 1. The molecular weight excluding hydrogens is 320 g/mol. The predicted octanol–water partition coefficient (Wildman–Crippen LogP) is 0.901. The number of rotatable bonds is 7. The van der Waals surface area contributed by atoms with E-state index < -0.39 is 18.4 Å². The first-order valence-corrected chi connectivity index (χ1v) is 7.41. The van der Waals surface area contributed by atoms with Gasteiger partial charge in [0.05, 0.1) is 0 Å². The second kappa shape index (κ2) is 7.47. The molecule has 0 saturated heterocycles. The summed E-state index contributed by atoms with van der Waals surface area (Å²) in [6.45, 7) is -0.278. The zero-order chi connectivity index (χ0) is 16.8. The second-order valence-electron chi connectivity index (χ2n) is 4.46. The molecule has 0 fully saturated rings. The number of anilines is 2. The lowest BCUT2D eigenvalue weighted by molar-refractivity contribution is -0.135. The van der Waals surface area contributed by atoms with Crippen molar-refractivity contribution >= 4 is 40.6 Å². The molecule has 0 spiro atoms. The first kappa shape index (κ1) is 16.6. The van der Waals surface area contributed by atoms with Gasteiger partial charge in [-0.1, -0.05) is 12.1 Å². The molecule has 0 aliphatic heterocycles. The number of aliphatic carboxylic acids is 1. The highest BCUT2D eigenvalue weighted by atomic mass is 32.1. The number of hydrogen-bond donors (Lipinski definition) is 3. The van der Waals surface area contributed by atoms with Gasteiger partial charge in [-0.15, -0.1) is 11.3 Å². The molecule has 1 aromatic carbocycles. The molecule has 1 heterocycles. The number of nitrogens with one attached hydrogen (secondary N) is 1. The average Bonchev–Trinajstić information content (AvgIpc) is 3.00. The molecule has 2 aromatic rings. The Kier molecular flexibility index (Phi) is 5.39. The summed E-state index contributed by atoms with van der Waals surface area (Å²) in [5.41, 5.74) is 6.62. The van der Waals surface area contributed by atoms with E-state index in [4.69, 9.17) is 10.8 Å². The molecule has 0 unspecified atom stereocenters. The van der Waals surface area contributed by atoms with Gasteiger partial charge in [0.1, 0.15) is 12.4 Å². The van der Waals surface area contributed by atoms with E-state index in [1.54, 1.807) is 24.3 Å². The fourth-order valence-electron chi connectivity index (χ4n) is 1.89. The number of carboxylic acid groups (broad SMARTS) is 1. The summed E-state index contributed by atoms with van der Waals surface area (Å²) in [5, 5.41) is 13.2. The number of aromatic nitrogens is 1. The van der Waals surface area contributed by atoms with Crippen LogP contribution in [0.15, 0.2) is 29.6 Å². The van der Waals surface area contributed by atoms with Crippen LogP contribution >= 0.6 is 11.3 Å². The van der Waals surface area contributed by atoms with Crippen LogP contribution in [0.5, 0.6) is 0 Å². The maximum absolute atomic E-state index is 12.6. The fraction of sp³-hybridized carbons (Fsp3) is 0.143. The normalized spacial score (nSPS) is 10.1. The summed E-state index contributed by atoms with van der Waals surface area (Å²) in [5.74, 6) is -1.53. The van der Waals surface area contributed by atoms with Crippen LogP contribution in [0.3, 0.4) is 0 Å². The number of carbonyl (C=O) groups is 3. The Morgan fingerprint density at radius 1 is 1.43 bits per heavy atom. The van der Waals surface area contributed by atoms with E-state index in [-0.39, 0.29) is 17.5 Å². The Hall–Kier alpha value is -2.78. The van der Waals surface area contributed by atoms with E-state index in [0.717, 1.165) is 21.8 Å². The lowest BCUT2D eigenvalue weighted by Gasteiger charge is -2.18. The van der Waals surface area contributed by atoms with Gasteiger partial charge in [-0.3, -0.25) is 19.3 Å². The monoisotopic (exact) mass is 334 g/mol. The molecule has 1 aromatic heterocycles. The van der Waals surface area contributed by atoms with Crippen molar-refractivity contribution < 1.29 is 19.5 Å². The largest absolute Gasteiger partial charge is 0.480 e. The second-order valence-corrected chi connectivity index (χ2v) is 5.32. The lowest BCUT2D eigenvalue weighted by atomic mass is 10.1. The number of nitrogens with two attached hydrogens (primary N) is 1. The summed E-state index contributed by atoms with van der Waals surface area (Å²) in [6.07, 6.45) is 0.455.